The Hall–Kier alpha value is -3.32. The molecular weight excluding hydrogens is 444 g/mol. The average molecular weight is 479 g/mol. The van der Waals surface area contributed by atoms with Gasteiger partial charge in [-0.05, 0) is 64.3 Å². The minimum atomic E-state index is -0.453. The quantitative estimate of drug-likeness (QED) is 0.403. The van der Waals surface area contributed by atoms with E-state index in [2.05, 4.69) is 10.2 Å². The first-order valence-corrected chi connectivity index (χ1v) is 12.5. The van der Waals surface area contributed by atoms with E-state index in [1.165, 1.54) is 0 Å². The third-order valence-corrected chi connectivity index (χ3v) is 6.81. The van der Waals surface area contributed by atoms with Gasteiger partial charge in [0.2, 0.25) is 5.91 Å². The average Bonchev–Trinajstić information content (AvgIpc) is 3.49. The Bertz CT molecular complexity index is 1170. The molecule has 1 aliphatic rings. The number of ether oxygens (including phenoxy) is 1. The van der Waals surface area contributed by atoms with Crippen molar-refractivity contribution < 1.29 is 23.8 Å². The van der Waals surface area contributed by atoms with Crippen LogP contribution in [0.25, 0.3) is 22.3 Å². The van der Waals surface area contributed by atoms with Gasteiger partial charge in [-0.2, -0.15) is 0 Å². The molecule has 186 valence electrons. The second-order valence-electron chi connectivity index (χ2n) is 8.98. The van der Waals surface area contributed by atoms with E-state index < -0.39 is 5.97 Å². The molecule has 0 spiro atoms. The van der Waals surface area contributed by atoms with Gasteiger partial charge in [0.15, 0.2) is 0 Å². The normalized spacial score (nSPS) is 16.0. The van der Waals surface area contributed by atoms with Crippen LogP contribution in [-0.4, -0.2) is 54.7 Å². The summed E-state index contributed by atoms with van der Waals surface area (Å²) >= 11 is 0. The topological polar surface area (TPSA) is 92.0 Å². The predicted molar refractivity (Wildman–Crippen MR) is 135 cm³/mol. The first-order chi connectivity index (χ1) is 17.0. The monoisotopic (exact) mass is 478 g/mol. The third kappa shape index (κ3) is 5.51. The maximum absolute atomic E-state index is 13.1. The largest absolute Gasteiger partial charge is 0.508 e. The zero-order valence-electron chi connectivity index (χ0n) is 20.5. The molecule has 0 aliphatic carbocycles. The number of carbonyl (C=O) groups is 2. The molecule has 1 aliphatic heterocycles. The van der Waals surface area contributed by atoms with Crippen LogP contribution in [0.2, 0.25) is 0 Å². The summed E-state index contributed by atoms with van der Waals surface area (Å²) in [5, 5.41) is 14.1. The summed E-state index contributed by atoms with van der Waals surface area (Å²) in [6.07, 6.45) is 5.05. The maximum atomic E-state index is 13.1. The number of hydrogen-bond acceptors (Lipinski definition) is 6. The molecule has 2 heterocycles. The van der Waals surface area contributed by atoms with Gasteiger partial charge < -0.3 is 24.5 Å². The Labute approximate surface area is 206 Å². The molecule has 0 bridgehead atoms. The molecule has 2 N–H and O–H groups in total. The third-order valence-electron chi connectivity index (χ3n) is 6.81. The molecular formula is C28H34N2O5. The van der Waals surface area contributed by atoms with Gasteiger partial charge in [-0.25, -0.2) is 4.79 Å². The number of esters is 1. The van der Waals surface area contributed by atoms with Crippen molar-refractivity contribution in [3.63, 3.8) is 0 Å². The summed E-state index contributed by atoms with van der Waals surface area (Å²) in [5.41, 5.74) is 2.42. The molecule has 0 saturated carbocycles. The molecule has 1 amide bonds. The summed E-state index contributed by atoms with van der Waals surface area (Å²) < 4.78 is 11.5. The van der Waals surface area contributed by atoms with Crippen molar-refractivity contribution in [2.45, 2.75) is 51.5 Å². The van der Waals surface area contributed by atoms with Crippen LogP contribution in [0.5, 0.6) is 5.75 Å². The van der Waals surface area contributed by atoms with Crippen LogP contribution in [0.3, 0.4) is 0 Å². The highest BCUT2D eigenvalue weighted by atomic mass is 16.5. The highest BCUT2D eigenvalue weighted by molar-refractivity contribution is 6.10. The number of fused-ring (bicyclic) bond motifs is 1. The molecule has 4 rings (SSSR count). The number of phenols is 1. The van der Waals surface area contributed by atoms with Gasteiger partial charge in [0.25, 0.3) is 0 Å². The molecule has 1 atom stereocenters. The van der Waals surface area contributed by atoms with E-state index >= 15 is 0 Å². The van der Waals surface area contributed by atoms with Gasteiger partial charge in [-0.15, -0.1) is 0 Å². The Balaban J connectivity index is 1.59. The fourth-order valence-corrected chi connectivity index (χ4v) is 5.09. The lowest BCUT2D eigenvalue weighted by atomic mass is 9.98. The van der Waals surface area contributed by atoms with Gasteiger partial charge >= 0.3 is 5.97 Å². The molecule has 35 heavy (non-hydrogen) atoms. The van der Waals surface area contributed by atoms with Crippen LogP contribution in [0.1, 0.15) is 54.9 Å². The first kappa shape index (κ1) is 24.8. The fourth-order valence-electron chi connectivity index (χ4n) is 5.09. The number of aromatic hydroxyl groups is 1. The van der Waals surface area contributed by atoms with Crippen molar-refractivity contribution in [1.82, 2.24) is 10.2 Å². The second-order valence-corrected chi connectivity index (χ2v) is 8.98. The van der Waals surface area contributed by atoms with E-state index in [0.29, 0.717) is 46.7 Å². The maximum Gasteiger partial charge on any atom is 0.342 e. The highest BCUT2D eigenvalue weighted by Crippen LogP contribution is 2.39. The smallest absolute Gasteiger partial charge is 0.342 e. The Morgan fingerprint density at radius 1 is 1.20 bits per heavy atom. The van der Waals surface area contributed by atoms with Crippen LogP contribution in [-0.2, 0) is 16.0 Å². The number of nitrogens with zero attached hydrogens (tertiary/aromatic N) is 1. The molecule has 1 unspecified atom stereocenters. The zero-order valence-corrected chi connectivity index (χ0v) is 20.5. The lowest BCUT2D eigenvalue weighted by Crippen LogP contribution is -2.32. The van der Waals surface area contributed by atoms with Crippen LogP contribution >= 0.6 is 0 Å². The van der Waals surface area contributed by atoms with E-state index in [0.717, 1.165) is 44.3 Å². The minimum Gasteiger partial charge on any atom is -0.508 e. The van der Waals surface area contributed by atoms with Crippen LogP contribution in [0.4, 0.5) is 0 Å². The number of furan rings is 1. The number of benzene rings is 2. The van der Waals surface area contributed by atoms with E-state index in [-0.39, 0.29) is 18.3 Å². The molecule has 1 fully saturated rings. The van der Waals surface area contributed by atoms with Gasteiger partial charge in [0, 0.05) is 36.0 Å². The molecule has 3 aromatic rings. The predicted octanol–water partition coefficient (Wildman–Crippen LogP) is 4.91. The Kier molecular flexibility index (Phi) is 8.08. The van der Waals surface area contributed by atoms with Gasteiger partial charge in [-0.3, -0.25) is 4.79 Å². The summed E-state index contributed by atoms with van der Waals surface area (Å²) in [6.45, 7) is 3.91. The van der Waals surface area contributed by atoms with E-state index in [9.17, 15) is 14.7 Å². The number of amides is 1. The van der Waals surface area contributed by atoms with Gasteiger partial charge in [0.05, 0.1) is 6.61 Å². The Morgan fingerprint density at radius 2 is 2.00 bits per heavy atom. The van der Waals surface area contributed by atoms with E-state index in [1.807, 2.05) is 30.3 Å². The highest BCUT2D eigenvalue weighted by Gasteiger charge is 2.28. The molecule has 0 radical (unpaired) electrons. The minimum absolute atomic E-state index is 0.0779. The molecule has 7 nitrogen and oxygen atoms in total. The molecule has 7 heteroatoms. The second kappa shape index (κ2) is 11.4. The lowest BCUT2D eigenvalue weighted by molar-refractivity contribution is -0.120. The van der Waals surface area contributed by atoms with Crippen molar-refractivity contribution in [3.05, 3.63) is 53.6 Å². The van der Waals surface area contributed by atoms with Gasteiger partial charge in [0.1, 0.15) is 22.7 Å². The standard InChI is InChI=1S/C28H34N2O5/c1-3-34-28(33)26-25-21(12-8-18-30-17-7-11-20(30)13-16-24(32)29-2)22(31)14-15-23(25)35-27(26)19-9-5-4-6-10-19/h4-6,9-10,14-15,20,31H,3,7-8,11-13,16-18H2,1-2H3,(H,29,32). The van der Waals surface area contributed by atoms with E-state index in [4.69, 9.17) is 9.15 Å². The van der Waals surface area contributed by atoms with Crippen LogP contribution in [0, 0.1) is 0 Å². The molecule has 2 aromatic carbocycles. The van der Waals surface area contributed by atoms with Gasteiger partial charge in [-0.1, -0.05) is 30.3 Å². The summed E-state index contributed by atoms with van der Waals surface area (Å²) in [7, 11) is 1.67. The van der Waals surface area contributed by atoms with Crippen molar-refractivity contribution in [2.75, 3.05) is 26.7 Å². The van der Waals surface area contributed by atoms with Crippen molar-refractivity contribution >= 4 is 22.8 Å². The van der Waals surface area contributed by atoms with Crippen LogP contribution < -0.4 is 5.32 Å². The number of phenolic OH excluding ortho intramolecular Hbond substituents is 1. The molecule has 1 aromatic heterocycles. The summed E-state index contributed by atoms with van der Waals surface area (Å²) in [4.78, 5) is 27.2. The van der Waals surface area contributed by atoms with Crippen molar-refractivity contribution in [3.8, 4) is 17.1 Å². The Morgan fingerprint density at radius 3 is 2.74 bits per heavy atom. The number of likely N-dealkylation sites (tertiary alicyclic amines) is 1. The lowest BCUT2D eigenvalue weighted by Gasteiger charge is -2.24. The summed E-state index contributed by atoms with van der Waals surface area (Å²) in [6, 6.07) is 13.2. The zero-order chi connectivity index (χ0) is 24.8. The summed E-state index contributed by atoms with van der Waals surface area (Å²) in [5.74, 6) is 0.237. The van der Waals surface area contributed by atoms with Crippen molar-refractivity contribution in [1.29, 1.82) is 0 Å². The molecule has 1 saturated heterocycles. The SMILES string of the molecule is CCOC(=O)c1c(-c2ccccc2)oc2ccc(O)c(CCCN3CCCC3CCC(=O)NC)c12. The van der Waals surface area contributed by atoms with E-state index in [1.54, 1.807) is 26.1 Å². The van der Waals surface area contributed by atoms with Crippen LogP contribution in [0.15, 0.2) is 46.9 Å². The van der Waals surface area contributed by atoms with Crippen molar-refractivity contribution in [2.24, 2.45) is 0 Å². The number of rotatable bonds is 10. The number of hydrogen-bond donors (Lipinski definition) is 2. The fraction of sp³-hybridized carbons (Fsp3) is 0.429. The number of carbonyl (C=O) groups excluding carboxylic acids is 2. The first-order valence-electron chi connectivity index (χ1n) is 12.5. The number of nitrogens with one attached hydrogen (secondary N) is 1. The number of aryl methyl sites for hydroxylation is 1.